The molecule has 3 nitrogen and oxygen atoms in total. The lowest BCUT2D eigenvalue weighted by molar-refractivity contribution is 0.0701. The van der Waals surface area contributed by atoms with Crippen LogP contribution in [-0.4, -0.2) is 17.1 Å². The Labute approximate surface area is 112 Å². The molecule has 0 amide bonds. The van der Waals surface area contributed by atoms with Crippen molar-refractivity contribution >= 4 is 17.3 Å². The molecule has 2 N–H and O–H groups in total. The Morgan fingerprint density at radius 2 is 2.22 bits per heavy atom. The van der Waals surface area contributed by atoms with E-state index in [1.807, 2.05) is 11.4 Å². The number of hydrogen-bond acceptors (Lipinski definition) is 3. The molecule has 4 heteroatoms. The van der Waals surface area contributed by atoms with Gasteiger partial charge in [0.05, 0.1) is 0 Å². The van der Waals surface area contributed by atoms with Gasteiger partial charge >= 0.3 is 5.97 Å². The number of carbonyl (C=O) groups is 1. The van der Waals surface area contributed by atoms with Crippen LogP contribution in [0, 0.1) is 5.92 Å². The average Bonchev–Trinajstić information content (AvgIpc) is 2.71. The number of carboxylic acids is 1. The molecule has 2 rings (SSSR count). The van der Waals surface area contributed by atoms with Crippen LogP contribution in [0.3, 0.4) is 0 Å². The zero-order valence-electron chi connectivity index (χ0n) is 10.8. The summed E-state index contributed by atoms with van der Waals surface area (Å²) >= 11 is 1.31. The van der Waals surface area contributed by atoms with Gasteiger partial charge in [0.25, 0.3) is 0 Å². The fraction of sp³-hybridized carbons (Fsp3) is 0.643. The zero-order valence-corrected chi connectivity index (χ0v) is 11.6. The lowest BCUT2D eigenvalue weighted by atomic mass is 9.97. The summed E-state index contributed by atoms with van der Waals surface area (Å²) in [5, 5.41) is 14.5. The van der Waals surface area contributed by atoms with Crippen molar-refractivity contribution in [2.45, 2.75) is 51.6 Å². The first kappa shape index (κ1) is 13.6. The molecule has 1 fully saturated rings. The summed E-state index contributed by atoms with van der Waals surface area (Å²) in [7, 11) is 0. The highest BCUT2D eigenvalue weighted by Gasteiger charge is 2.20. The molecule has 18 heavy (non-hydrogen) atoms. The number of carboxylic acid groups (broad SMARTS) is 1. The molecule has 2 atom stereocenters. The number of rotatable bonds is 4. The molecule has 1 aromatic rings. The first-order valence-electron chi connectivity index (χ1n) is 6.71. The monoisotopic (exact) mass is 267 g/mol. The van der Waals surface area contributed by atoms with Crippen LogP contribution in [0.1, 0.15) is 54.3 Å². The van der Waals surface area contributed by atoms with Crippen molar-refractivity contribution in [3.8, 4) is 0 Å². The van der Waals surface area contributed by atoms with E-state index in [0.29, 0.717) is 23.4 Å². The Morgan fingerprint density at radius 3 is 3.00 bits per heavy atom. The van der Waals surface area contributed by atoms with Crippen LogP contribution in [0.5, 0.6) is 0 Å². The van der Waals surface area contributed by atoms with Crippen molar-refractivity contribution in [1.29, 1.82) is 0 Å². The fourth-order valence-corrected chi connectivity index (χ4v) is 3.46. The van der Waals surface area contributed by atoms with E-state index in [-0.39, 0.29) is 0 Å². The predicted molar refractivity (Wildman–Crippen MR) is 74.2 cm³/mol. The molecule has 1 aliphatic carbocycles. The van der Waals surface area contributed by atoms with Gasteiger partial charge < -0.3 is 10.4 Å². The number of thiophene rings is 1. The second-order valence-corrected chi connectivity index (χ2v) is 6.10. The summed E-state index contributed by atoms with van der Waals surface area (Å²) in [5.74, 6) is -0.116. The summed E-state index contributed by atoms with van der Waals surface area (Å²) in [6, 6.07) is 2.46. The third-order valence-corrected chi connectivity index (χ3v) is 4.80. The molecular weight excluding hydrogens is 246 g/mol. The van der Waals surface area contributed by atoms with Gasteiger partial charge in [-0.15, -0.1) is 11.3 Å². The molecular formula is C14H21NO2S. The molecule has 1 aliphatic rings. The van der Waals surface area contributed by atoms with E-state index in [9.17, 15) is 4.79 Å². The van der Waals surface area contributed by atoms with Crippen molar-refractivity contribution in [2.24, 2.45) is 5.92 Å². The topological polar surface area (TPSA) is 49.3 Å². The SMILES string of the molecule is CC1CCCCCC1NCc1ccsc1C(=O)O. The molecule has 0 aromatic carbocycles. The predicted octanol–water partition coefficient (Wildman–Crippen LogP) is 3.50. The highest BCUT2D eigenvalue weighted by atomic mass is 32.1. The van der Waals surface area contributed by atoms with E-state index in [4.69, 9.17) is 5.11 Å². The second-order valence-electron chi connectivity index (χ2n) is 5.18. The van der Waals surface area contributed by atoms with Crippen LogP contribution in [-0.2, 0) is 6.54 Å². The van der Waals surface area contributed by atoms with Gasteiger partial charge in [0.1, 0.15) is 4.88 Å². The minimum absolute atomic E-state index is 0.476. The molecule has 0 radical (unpaired) electrons. The minimum Gasteiger partial charge on any atom is -0.477 e. The van der Waals surface area contributed by atoms with Gasteiger partial charge in [0, 0.05) is 12.6 Å². The fourth-order valence-electron chi connectivity index (χ4n) is 2.70. The Bertz CT molecular complexity index is 402. The van der Waals surface area contributed by atoms with Crippen molar-refractivity contribution < 1.29 is 9.90 Å². The Morgan fingerprint density at radius 1 is 1.44 bits per heavy atom. The van der Waals surface area contributed by atoms with Gasteiger partial charge in [0.2, 0.25) is 0 Å². The maximum atomic E-state index is 11.0. The van der Waals surface area contributed by atoms with Gasteiger partial charge in [-0.05, 0) is 35.8 Å². The smallest absolute Gasteiger partial charge is 0.346 e. The van der Waals surface area contributed by atoms with Gasteiger partial charge in [-0.25, -0.2) is 4.79 Å². The molecule has 2 unspecified atom stereocenters. The Balaban J connectivity index is 1.93. The molecule has 0 saturated heterocycles. The van der Waals surface area contributed by atoms with Crippen LogP contribution in [0.4, 0.5) is 0 Å². The van der Waals surface area contributed by atoms with E-state index in [1.165, 1.54) is 43.4 Å². The van der Waals surface area contributed by atoms with Crippen LogP contribution in [0.25, 0.3) is 0 Å². The van der Waals surface area contributed by atoms with Gasteiger partial charge in [-0.2, -0.15) is 0 Å². The van der Waals surface area contributed by atoms with Gasteiger partial charge in [-0.3, -0.25) is 0 Å². The van der Waals surface area contributed by atoms with Crippen LogP contribution < -0.4 is 5.32 Å². The number of aromatic carboxylic acids is 1. The van der Waals surface area contributed by atoms with Gasteiger partial charge in [0.15, 0.2) is 0 Å². The van der Waals surface area contributed by atoms with E-state index < -0.39 is 5.97 Å². The van der Waals surface area contributed by atoms with Crippen molar-refractivity contribution in [3.05, 3.63) is 21.9 Å². The van der Waals surface area contributed by atoms with E-state index >= 15 is 0 Å². The largest absolute Gasteiger partial charge is 0.477 e. The van der Waals surface area contributed by atoms with Crippen molar-refractivity contribution in [3.63, 3.8) is 0 Å². The summed E-state index contributed by atoms with van der Waals surface area (Å²) in [6.07, 6.45) is 6.46. The third kappa shape index (κ3) is 3.33. The van der Waals surface area contributed by atoms with E-state index in [0.717, 1.165) is 5.56 Å². The molecule has 0 spiro atoms. The molecule has 0 aliphatic heterocycles. The Kier molecular flexibility index (Phi) is 4.78. The summed E-state index contributed by atoms with van der Waals surface area (Å²) in [4.78, 5) is 11.5. The van der Waals surface area contributed by atoms with Crippen molar-refractivity contribution in [1.82, 2.24) is 5.32 Å². The third-order valence-electron chi connectivity index (χ3n) is 3.86. The maximum absolute atomic E-state index is 11.0. The van der Waals surface area contributed by atoms with Gasteiger partial charge in [-0.1, -0.05) is 26.2 Å². The standard InChI is InChI=1S/C14H21NO2S/c1-10-5-3-2-4-6-12(10)15-9-11-7-8-18-13(11)14(16)17/h7-8,10,12,15H,2-6,9H2,1H3,(H,16,17). The molecule has 100 valence electrons. The first-order chi connectivity index (χ1) is 8.68. The molecule has 1 saturated carbocycles. The first-order valence-corrected chi connectivity index (χ1v) is 7.59. The lowest BCUT2D eigenvalue weighted by Gasteiger charge is -2.22. The normalized spacial score (nSPS) is 24.7. The molecule has 0 bridgehead atoms. The van der Waals surface area contributed by atoms with Crippen LogP contribution in [0.2, 0.25) is 0 Å². The maximum Gasteiger partial charge on any atom is 0.346 e. The van der Waals surface area contributed by atoms with E-state index in [1.54, 1.807) is 0 Å². The highest BCUT2D eigenvalue weighted by Crippen LogP contribution is 2.24. The van der Waals surface area contributed by atoms with Crippen LogP contribution >= 0.6 is 11.3 Å². The highest BCUT2D eigenvalue weighted by molar-refractivity contribution is 7.12. The zero-order chi connectivity index (χ0) is 13.0. The molecule has 1 aromatic heterocycles. The molecule has 1 heterocycles. The average molecular weight is 267 g/mol. The second kappa shape index (κ2) is 6.34. The number of hydrogen-bond donors (Lipinski definition) is 2. The quantitative estimate of drug-likeness (QED) is 0.821. The Hall–Kier alpha value is -0.870. The van der Waals surface area contributed by atoms with Crippen LogP contribution in [0.15, 0.2) is 11.4 Å². The summed E-state index contributed by atoms with van der Waals surface area (Å²) in [6.45, 7) is 2.98. The summed E-state index contributed by atoms with van der Waals surface area (Å²) < 4.78 is 0. The minimum atomic E-state index is -0.810. The lowest BCUT2D eigenvalue weighted by Crippen LogP contribution is -2.34. The van der Waals surface area contributed by atoms with E-state index in [2.05, 4.69) is 12.2 Å². The number of nitrogens with one attached hydrogen (secondary N) is 1. The van der Waals surface area contributed by atoms with Crippen molar-refractivity contribution in [2.75, 3.05) is 0 Å². The summed E-state index contributed by atoms with van der Waals surface area (Å²) in [5.41, 5.74) is 0.920.